The lowest BCUT2D eigenvalue weighted by molar-refractivity contribution is 0.0519. The van der Waals surface area contributed by atoms with Crippen LogP contribution in [0.1, 0.15) is 17.4 Å². The summed E-state index contributed by atoms with van der Waals surface area (Å²) < 4.78 is 15.6. The van der Waals surface area contributed by atoms with Crippen LogP contribution >= 0.6 is 22.6 Å². The maximum atomic E-state index is 12.6. The Labute approximate surface area is 178 Å². The normalized spacial score (nSPS) is 11.9. The quantitative estimate of drug-likeness (QED) is 0.198. The fraction of sp³-hybridized carbons (Fsp3) is 0.444. The SMILES string of the molecule is CCOC(=O)c1nc(-n2ccnc2)nc2c(I)cn(COCC[Si](C)(C)C)c12. The Morgan fingerprint density at radius 1 is 1.29 bits per heavy atom. The van der Waals surface area contributed by atoms with Crippen LogP contribution in [0.4, 0.5) is 0 Å². The fourth-order valence-electron chi connectivity index (χ4n) is 2.62. The van der Waals surface area contributed by atoms with E-state index in [-0.39, 0.29) is 12.3 Å². The average Bonchev–Trinajstić information content (AvgIpc) is 3.26. The molecule has 10 heteroatoms. The number of hydrogen-bond donors (Lipinski definition) is 0. The van der Waals surface area contributed by atoms with Crippen molar-refractivity contribution >= 4 is 47.7 Å². The van der Waals surface area contributed by atoms with Crippen molar-refractivity contribution < 1.29 is 14.3 Å². The molecule has 0 aliphatic heterocycles. The molecule has 3 rings (SSSR count). The molecule has 0 aromatic carbocycles. The summed E-state index contributed by atoms with van der Waals surface area (Å²) in [6.45, 7) is 10.0. The molecule has 3 aromatic rings. The van der Waals surface area contributed by atoms with E-state index in [0.717, 1.165) is 9.61 Å². The first-order chi connectivity index (χ1) is 13.3. The highest BCUT2D eigenvalue weighted by Crippen LogP contribution is 2.25. The summed E-state index contributed by atoms with van der Waals surface area (Å²) in [5.74, 6) is -0.0996. The van der Waals surface area contributed by atoms with Crippen LogP contribution in [0.15, 0.2) is 24.9 Å². The molecule has 0 unspecified atom stereocenters. The van der Waals surface area contributed by atoms with Crippen molar-refractivity contribution in [2.75, 3.05) is 13.2 Å². The zero-order valence-corrected chi connectivity index (χ0v) is 19.6. The first-order valence-corrected chi connectivity index (χ1v) is 13.9. The van der Waals surface area contributed by atoms with Crippen molar-refractivity contribution in [3.8, 4) is 5.95 Å². The minimum Gasteiger partial charge on any atom is -0.461 e. The molecule has 0 fully saturated rings. The van der Waals surface area contributed by atoms with Gasteiger partial charge in [-0.05, 0) is 35.6 Å². The van der Waals surface area contributed by atoms with Crippen LogP contribution < -0.4 is 0 Å². The van der Waals surface area contributed by atoms with Gasteiger partial charge in [0, 0.05) is 33.3 Å². The Balaban J connectivity index is 2.00. The standard InChI is InChI=1S/C18H24IN5O3Si/c1-5-27-17(25)15-16-14(21-18(22-15)23-7-6-20-11-23)13(19)10-24(16)12-26-8-9-28(2,3)4/h6-7,10-11H,5,8-9,12H2,1-4H3. The molecule has 0 atom stereocenters. The van der Waals surface area contributed by atoms with Crippen molar-refractivity contribution in [1.29, 1.82) is 0 Å². The van der Waals surface area contributed by atoms with Gasteiger partial charge in [-0.2, -0.15) is 0 Å². The predicted molar refractivity (Wildman–Crippen MR) is 117 cm³/mol. The van der Waals surface area contributed by atoms with E-state index in [1.165, 1.54) is 0 Å². The van der Waals surface area contributed by atoms with Gasteiger partial charge in [-0.15, -0.1) is 0 Å². The number of halogens is 1. The smallest absolute Gasteiger partial charge is 0.359 e. The Kier molecular flexibility index (Phi) is 6.50. The Bertz CT molecular complexity index is 966. The van der Waals surface area contributed by atoms with Crippen molar-refractivity contribution in [2.45, 2.75) is 39.3 Å². The molecule has 8 nitrogen and oxygen atoms in total. The van der Waals surface area contributed by atoms with Gasteiger partial charge in [-0.1, -0.05) is 19.6 Å². The molecule has 150 valence electrons. The zero-order chi connectivity index (χ0) is 20.3. The molecule has 28 heavy (non-hydrogen) atoms. The number of rotatable bonds is 8. The van der Waals surface area contributed by atoms with Crippen LogP contribution in [-0.4, -0.2) is 51.3 Å². The van der Waals surface area contributed by atoms with Crippen molar-refractivity contribution in [2.24, 2.45) is 0 Å². The Hall–Kier alpha value is -1.79. The Morgan fingerprint density at radius 2 is 2.07 bits per heavy atom. The highest BCUT2D eigenvalue weighted by molar-refractivity contribution is 14.1. The van der Waals surface area contributed by atoms with Crippen molar-refractivity contribution in [1.82, 2.24) is 24.1 Å². The molecule has 0 spiro atoms. The molecular formula is C18H24IN5O3Si. The second-order valence-corrected chi connectivity index (χ2v) is 14.3. The molecule has 0 radical (unpaired) electrons. The summed E-state index contributed by atoms with van der Waals surface area (Å²) in [4.78, 5) is 25.7. The summed E-state index contributed by atoms with van der Waals surface area (Å²) in [6.07, 6.45) is 6.90. The van der Waals surface area contributed by atoms with Gasteiger partial charge < -0.3 is 14.0 Å². The largest absolute Gasteiger partial charge is 0.461 e. The first-order valence-electron chi connectivity index (χ1n) is 9.09. The number of esters is 1. The molecule has 0 aliphatic carbocycles. The van der Waals surface area contributed by atoms with E-state index < -0.39 is 14.0 Å². The van der Waals surface area contributed by atoms with Crippen LogP contribution in [0, 0.1) is 3.57 Å². The van der Waals surface area contributed by atoms with E-state index in [1.807, 2.05) is 10.8 Å². The summed E-state index contributed by atoms with van der Waals surface area (Å²) in [5, 5.41) is 0. The van der Waals surface area contributed by atoms with E-state index in [2.05, 4.69) is 57.2 Å². The molecular weight excluding hydrogens is 489 g/mol. The monoisotopic (exact) mass is 513 g/mol. The van der Waals surface area contributed by atoms with Gasteiger partial charge in [0.25, 0.3) is 0 Å². The second-order valence-electron chi connectivity index (χ2n) is 7.55. The van der Waals surface area contributed by atoms with E-state index >= 15 is 0 Å². The minimum absolute atomic E-state index is 0.229. The van der Waals surface area contributed by atoms with E-state index in [1.54, 1.807) is 30.2 Å². The molecule has 3 aromatic heterocycles. The van der Waals surface area contributed by atoms with Crippen LogP contribution in [0.25, 0.3) is 17.0 Å². The van der Waals surface area contributed by atoms with Crippen LogP contribution in [0.3, 0.4) is 0 Å². The average molecular weight is 513 g/mol. The number of aromatic nitrogens is 5. The lowest BCUT2D eigenvalue weighted by Gasteiger charge is -2.16. The van der Waals surface area contributed by atoms with Gasteiger partial charge in [-0.3, -0.25) is 4.57 Å². The highest BCUT2D eigenvalue weighted by Gasteiger charge is 2.22. The van der Waals surface area contributed by atoms with E-state index in [9.17, 15) is 4.79 Å². The minimum atomic E-state index is -1.16. The Morgan fingerprint density at radius 3 is 2.71 bits per heavy atom. The number of nitrogens with zero attached hydrogens (tertiary/aromatic N) is 5. The van der Waals surface area contributed by atoms with Crippen molar-refractivity contribution in [3.05, 3.63) is 34.2 Å². The third-order valence-electron chi connectivity index (χ3n) is 4.09. The van der Waals surface area contributed by atoms with Gasteiger partial charge in [0.05, 0.1) is 10.2 Å². The third-order valence-corrected chi connectivity index (χ3v) is 6.58. The molecule has 0 saturated heterocycles. The first kappa shape index (κ1) is 20.9. The number of hydrogen-bond acceptors (Lipinski definition) is 6. The molecule has 0 saturated carbocycles. The van der Waals surface area contributed by atoms with Gasteiger partial charge >= 0.3 is 5.97 Å². The van der Waals surface area contributed by atoms with Gasteiger partial charge in [0.1, 0.15) is 24.1 Å². The number of ether oxygens (including phenoxy) is 2. The third kappa shape index (κ3) is 4.78. The van der Waals surface area contributed by atoms with Crippen LogP contribution in [0.5, 0.6) is 0 Å². The fourth-order valence-corrected chi connectivity index (χ4v) is 4.09. The topological polar surface area (TPSA) is 84.1 Å². The number of imidazole rings is 1. The molecule has 0 amide bonds. The summed E-state index contributed by atoms with van der Waals surface area (Å²) in [7, 11) is -1.16. The second kappa shape index (κ2) is 8.70. The lowest BCUT2D eigenvalue weighted by atomic mass is 10.3. The summed E-state index contributed by atoms with van der Waals surface area (Å²) >= 11 is 2.21. The summed E-state index contributed by atoms with van der Waals surface area (Å²) in [6, 6.07) is 1.08. The molecule has 3 heterocycles. The highest BCUT2D eigenvalue weighted by atomic mass is 127. The predicted octanol–water partition coefficient (Wildman–Crippen LogP) is 3.71. The maximum absolute atomic E-state index is 12.6. The van der Waals surface area contributed by atoms with Gasteiger partial charge in [0.15, 0.2) is 5.69 Å². The number of carbonyl (C=O) groups is 1. The maximum Gasteiger partial charge on any atom is 0.359 e. The molecule has 0 N–H and O–H groups in total. The molecule has 0 bridgehead atoms. The molecule has 0 aliphatic rings. The van der Waals surface area contributed by atoms with Gasteiger partial charge in [0.2, 0.25) is 5.95 Å². The van der Waals surface area contributed by atoms with E-state index in [4.69, 9.17) is 9.47 Å². The lowest BCUT2D eigenvalue weighted by Crippen LogP contribution is -2.22. The van der Waals surface area contributed by atoms with Crippen molar-refractivity contribution in [3.63, 3.8) is 0 Å². The van der Waals surface area contributed by atoms with Crippen LogP contribution in [0.2, 0.25) is 25.7 Å². The number of carbonyl (C=O) groups excluding carboxylic acids is 1. The van der Waals surface area contributed by atoms with Crippen LogP contribution in [-0.2, 0) is 16.2 Å². The zero-order valence-electron chi connectivity index (χ0n) is 16.5. The van der Waals surface area contributed by atoms with E-state index in [0.29, 0.717) is 30.3 Å². The van der Waals surface area contributed by atoms with Gasteiger partial charge in [-0.25, -0.2) is 19.7 Å². The summed E-state index contributed by atoms with van der Waals surface area (Å²) in [5.41, 5.74) is 1.54. The number of fused-ring (bicyclic) bond motifs is 1.